The van der Waals surface area contributed by atoms with Gasteiger partial charge < -0.3 is 18.9 Å². The van der Waals surface area contributed by atoms with Crippen LogP contribution in [0.4, 0.5) is 0 Å². The molecule has 0 bridgehead atoms. The lowest BCUT2D eigenvalue weighted by Crippen LogP contribution is -2.57. The summed E-state index contributed by atoms with van der Waals surface area (Å²) in [6.45, 7) is 6.38. The van der Waals surface area contributed by atoms with Crippen LogP contribution in [0.25, 0.3) is 0 Å². The van der Waals surface area contributed by atoms with Gasteiger partial charge in [-0.15, -0.1) is 6.58 Å². The van der Waals surface area contributed by atoms with Gasteiger partial charge in [0.05, 0.1) is 44.2 Å². The molecule has 2 saturated heterocycles. The van der Waals surface area contributed by atoms with Crippen LogP contribution in [0.1, 0.15) is 64.5 Å². The average molecular weight is 534 g/mol. The summed E-state index contributed by atoms with van der Waals surface area (Å²) in [6.07, 6.45) is 7.59. The highest BCUT2D eigenvalue weighted by atomic mass is 16.6. The molecule has 0 amide bonds. The topological polar surface area (TPSA) is 144 Å². The second-order valence-corrected chi connectivity index (χ2v) is 10.9. The van der Waals surface area contributed by atoms with E-state index in [1.807, 2.05) is 0 Å². The van der Waals surface area contributed by atoms with Crippen molar-refractivity contribution in [1.82, 2.24) is 13.7 Å². The molecule has 4 fully saturated rings. The maximum absolute atomic E-state index is 13.4. The summed E-state index contributed by atoms with van der Waals surface area (Å²) in [5, 5.41) is 0. The molecule has 8 unspecified atom stereocenters. The van der Waals surface area contributed by atoms with Crippen molar-refractivity contribution in [1.29, 1.82) is 0 Å². The molecule has 0 aromatic carbocycles. The van der Waals surface area contributed by atoms with E-state index in [0.717, 1.165) is 43.1 Å². The quantitative estimate of drug-likeness (QED) is 0.241. The SMILES string of the molecule is C=CCn1c(=O)n(C(C)C(=O)OCC2CCC3OC3C2)c(=O)n(C(C)C(=O)OCC2CCC3OC3C2)c1=O. The van der Waals surface area contributed by atoms with E-state index in [1.54, 1.807) is 0 Å². The molecule has 2 aliphatic carbocycles. The Morgan fingerprint density at radius 3 is 1.66 bits per heavy atom. The molecule has 3 heterocycles. The molecule has 208 valence electrons. The molecule has 1 aromatic rings. The zero-order valence-electron chi connectivity index (χ0n) is 21.8. The number of hydrogen-bond donors (Lipinski definition) is 0. The number of allylic oxidation sites excluding steroid dienone is 1. The summed E-state index contributed by atoms with van der Waals surface area (Å²) in [5.74, 6) is -1.25. The second-order valence-electron chi connectivity index (χ2n) is 10.9. The zero-order chi connectivity index (χ0) is 27.1. The number of epoxide rings is 2. The minimum Gasteiger partial charge on any atom is -0.464 e. The fourth-order valence-electron chi connectivity index (χ4n) is 5.70. The van der Waals surface area contributed by atoms with Crippen LogP contribution in [-0.4, -0.2) is 63.3 Å². The summed E-state index contributed by atoms with van der Waals surface area (Å²) in [7, 11) is 0. The van der Waals surface area contributed by atoms with Crippen LogP contribution in [0, 0.1) is 11.8 Å². The fraction of sp³-hybridized carbons (Fsp3) is 0.731. The lowest BCUT2D eigenvalue weighted by molar-refractivity contribution is -0.149. The number of carbonyl (C=O) groups is 2. The van der Waals surface area contributed by atoms with Crippen molar-refractivity contribution in [2.75, 3.05) is 13.2 Å². The van der Waals surface area contributed by atoms with E-state index in [-0.39, 0.29) is 43.8 Å². The third kappa shape index (κ3) is 5.28. The maximum Gasteiger partial charge on any atom is 0.337 e. The molecule has 12 heteroatoms. The highest BCUT2D eigenvalue weighted by molar-refractivity contribution is 5.74. The van der Waals surface area contributed by atoms with Crippen LogP contribution in [0.2, 0.25) is 0 Å². The van der Waals surface area contributed by atoms with E-state index in [4.69, 9.17) is 18.9 Å². The van der Waals surface area contributed by atoms with Crippen LogP contribution in [-0.2, 0) is 35.1 Å². The smallest absolute Gasteiger partial charge is 0.337 e. The number of ether oxygens (including phenoxy) is 4. The van der Waals surface area contributed by atoms with Gasteiger partial charge in [0.1, 0.15) is 12.1 Å². The standard InChI is InChI=1S/C26H35N3O9/c1-4-9-27-24(32)28(14(2)22(30)35-12-16-5-7-18-20(10-16)37-18)26(34)29(25(27)33)15(3)23(31)36-13-17-6-8-19-21(11-17)38-19/h4,14-21H,1,5-13H2,2-3H3. The Kier molecular flexibility index (Phi) is 7.45. The highest BCUT2D eigenvalue weighted by Gasteiger charge is 2.45. The normalized spacial score (nSPS) is 30.8. The summed E-state index contributed by atoms with van der Waals surface area (Å²) in [5.41, 5.74) is -3.03. The first-order valence-electron chi connectivity index (χ1n) is 13.4. The molecule has 5 rings (SSSR count). The molecule has 12 nitrogen and oxygen atoms in total. The molecule has 38 heavy (non-hydrogen) atoms. The first-order chi connectivity index (χ1) is 18.2. The fourth-order valence-corrected chi connectivity index (χ4v) is 5.70. The van der Waals surface area contributed by atoms with Crippen LogP contribution in [0.15, 0.2) is 27.0 Å². The predicted octanol–water partition coefficient (Wildman–Crippen LogP) is 0.701. The number of nitrogens with zero attached hydrogens (tertiary/aromatic N) is 3. The molecule has 8 atom stereocenters. The number of carbonyl (C=O) groups excluding carboxylic acids is 2. The first kappa shape index (κ1) is 26.6. The Labute approximate surface area is 219 Å². The van der Waals surface area contributed by atoms with Gasteiger partial charge in [0.15, 0.2) is 0 Å². The van der Waals surface area contributed by atoms with Crippen LogP contribution >= 0.6 is 0 Å². The Morgan fingerprint density at radius 2 is 1.26 bits per heavy atom. The van der Waals surface area contributed by atoms with Gasteiger partial charge in [-0.05, 0) is 64.2 Å². The van der Waals surface area contributed by atoms with Crippen molar-refractivity contribution in [2.45, 2.75) is 95.4 Å². The van der Waals surface area contributed by atoms with E-state index in [9.17, 15) is 24.0 Å². The minimum atomic E-state index is -1.32. The van der Waals surface area contributed by atoms with E-state index < -0.39 is 41.1 Å². The van der Waals surface area contributed by atoms with Gasteiger partial charge in [0.25, 0.3) is 0 Å². The average Bonchev–Trinajstić information content (AvgIpc) is 3.82. The van der Waals surface area contributed by atoms with Gasteiger partial charge in [0.2, 0.25) is 0 Å². The van der Waals surface area contributed by atoms with Gasteiger partial charge in [-0.1, -0.05) is 6.08 Å². The van der Waals surface area contributed by atoms with E-state index in [1.165, 1.54) is 19.9 Å². The number of fused-ring (bicyclic) bond motifs is 2. The van der Waals surface area contributed by atoms with Crippen LogP contribution < -0.4 is 17.1 Å². The van der Waals surface area contributed by atoms with Crippen molar-refractivity contribution in [3.8, 4) is 0 Å². The van der Waals surface area contributed by atoms with Gasteiger partial charge >= 0.3 is 29.0 Å². The number of rotatable bonds is 10. The number of aromatic nitrogens is 3. The lowest BCUT2D eigenvalue weighted by atomic mass is 9.90. The molecule has 2 aliphatic heterocycles. The van der Waals surface area contributed by atoms with E-state index >= 15 is 0 Å². The third-order valence-corrected chi connectivity index (χ3v) is 8.20. The summed E-state index contributed by atoms with van der Waals surface area (Å²) in [4.78, 5) is 65.4. The third-order valence-electron chi connectivity index (χ3n) is 8.20. The van der Waals surface area contributed by atoms with Crippen molar-refractivity contribution >= 4 is 11.9 Å². The maximum atomic E-state index is 13.4. The first-order valence-corrected chi connectivity index (χ1v) is 13.4. The summed E-state index contributed by atoms with van der Waals surface area (Å²) in [6, 6.07) is -2.63. The van der Waals surface area contributed by atoms with Gasteiger partial charge in [-0.3, -0.25) is 0 Å². The monoisotopic (exact) mass is 533 g/mol. The Morgan fingerprint density at radius 1 is 0.816 bits per heavy atom. The molecule has 1 aromatic heterocycles. The Hall–Kier alpha value is -2.99. The number of hydrogen-bond acceptors (Lipinski definition) is 9. The van der Waals surface area contributed by atoms with Crippen molar-refractivity contribution in [3.63, 3.8) is 0 Å². The van der Waals surface area contributed by atoms with Gasteiger partial charge in [-0.2, -0.15) is 0 Å². The molecule has 0 radical (unpaired) electrons. The van der Waals surface area contributed by atoms with E-state index in [0.29, 0.717) is 21.3 Å². The lowest BCUT2D eigenvalue weighted by Gasteiger charge is -2.23. The molecule has 2 saturated carbocycles. The molecular formula is C26H35N3O9. The number of esters is 2. The predicted molar refractivity (Wildman–Crippen MR) is 133 cm³/mol. The largest absolute Gasteiger partial charge is 0.464 e. The Balaban J connectivity index is 1.33. The van der Waals surface area contributed by atoms with Crippen molar-refractivity contribution in [2.24, 2.45) is 11.8 Å². The molecule has 0 N–H and O–H groups in total. The van der Waals surface area contributed by atoms with Crippen molar-refractivity contribution < 1.29 is 28.5 Å². The summed E-state index contributed by atoms with van der Waals surface area (Å²) < 4.78 is 24.0. The summed E-state index contributed by atoms with van der Waals surface area (Å²) >= 11 is 0. The van der Waals surface area contributed by atoms with Gasteiger partial charge in [-0.25, -0.2) is 37.7 Å². The molecule has 0 spiro atoms. The van der Waals surface area contributed by atoms with Gasteiger partial charge in [0, 0.05) is 0 Å². The van der Waals surface area contributed by atoms with Crippen LogP contribution in [0.5, 0.6) is 0 Å². The second kappa shape index (κ2) is 10.6. The Bertz CT molecular complexity index is 1190. The zero-order valence-corrected chi connectivity index (χ0v) is 21.8. The van der Waals surface area contributed by atoms with E-state index in [2.05, 4.69) is 6.58 Å². The van der Waals surface area contributed by atoms with Crippen LogP contribution in [0.3, 0.4) is 0 Å². The molecule has 4 aliphatic rings. The molecular weight excluding hydrogens is 498 g/mol. The highest BCUT2D eigenvalue weighted by Crippen LogP contribution is 2.40. The minimum absolute atomic E-state index is 0.148. The van der Waals surface area contributed by atoms with Crippen molar-refractivity contribution in [3.05, 3.63) is 44.1 Å².